The molecule has 25 heavy (non-hydrogen) atoms. The maximum atomic E-state index is 13.4. The van der Waals surface area contributed by atoms with Gasteiger partial charge >= 0.3 is 0 Å². The third-order valence-corrected chi connectivity index (χ3v) is 3.51. The van der Waals surface area contributed by atoms with Gasteiger partial charge in [0.25, 0.3) is 5.91 Å². The molecule has 6 nitrogen and oxygen atoms in total. The van der Waals surface area contributed by atoms with Gasteiger partial charge in [-0.25, -0.2) is 9.37 Å². The summed E-state index contributed by atoms with van der Waals surface area (Å²) in [6.45, 7) is 0. The molecule has 0 fully saturated rings. The summed E-state index contributed by atoms with van der Waals surface area (Å²) in [5.74, 6) is 0.297. The number of rotatable bonds is 5. The molecule has 3 rings (SSSR count). The first-order valence-electron chi connectivity index (χ1n) is 7.35. The fraction of sp³-hybridized carbons (Fsp3) is 0.111. The van der Waals surface area contributed by atoms with Gasteiger partial charge in [0.2, 0.25) is 0 Å². The lowest BCUT2D eigenvalue weighted by Crippen LogP contribution is -2.13. The number of aromatic nitrogens is 1. The highest BCUT2D eigenvalue weighted by Crippen LogP contribution is 2.30. The molecule has 1 heterocycles. The Labute approximate surface area is 143 Å². The Kier molecular flexibility index (Phi) is 4.65. The van der Waals surface area contributed by atoms with Gasteiger partial charge in [-0.2, -0.15) is 0 Å². The van der Waals surface area contributed by atoms with E-state index in [0.717, 1.165) is 6.39 Å². The van der Waals surface area contributed by atoms with Crippen LogP contribution in [0.15, 0.2) is 53.3 Å². The van der Waals surface area contributed by atoms with Crippen molar-refractivity contribution in [2.24, 2.45) is 0 Å². The van der Waals surface area contributed by atoms with Gasteiger partial charge in [-0.1, -0.05) is 12.1 Å². The number of halogens is 1. The van der Waals surface area contributed by atoms with E-state index >= 15 is 0 Å². The van der Waals surface area contributed by atoms with E-state index in [1.165, 1.54) is 32.4 Å². The molecule has 1 aromatic heterocycles. The SMILES string of the molecule is COc1ccc(NC(=O)c2ncoc2-c2cccc(F)c2)cc1OC. The van der Waals surface area contributed by atoms with Crippen LogP contribution in [0.4, 0.5) is 10.1 Å². The molecule has 0 spiro atoms. The number of nitrogens with zero attached hydrogens (tertiary/aromatic N) is 1. The summed E-state index contributed by atoms with van der Waals surface area (Å²) in [6.07, 6.45) is 1.14. The predicted molar refractivity (Wildman–Crippen MR) is 89.4 cm³/mol. The van der Waals surface area contributed by atoms with E-state index in [1.807, 2.05) is 0 Å². The summed E-state index contributed by atoms with van der Waals surface area (Å²) in [6, 6.07) is 10.7. The van der Waals surface area contributed by atoms with E-state index in [-0.39, 0.29) is 11.5 Å². The van der Waals surface area contributed by atoms with Crippen molar-refractivity contribution in [3.8, 4) is 22.8 Å². The number of hydrogen-bond acceptors (Lipinski definition) is 5. The maximum absolute atomic E-state index is 13.4. The average Bonchev–Trinajstić information content (AvgIpc) is 3.11. The van der Waals surface area contributed by atoms with Crippen LogP contribution in [-0.2, 0) is 0 Å². The van der Waals surface area contributed by atoms with Crippen LogP contribution in [0.2, 0.25) is 0 Å². The van der Waals surface area contributed by atoms with Crippen LogP contribution in [0.3, 0.4) is 0 Å². The molecule has 0 atom stereocenters. The van der Waals surface area contributed by atoms with E-state index in [1.54, 1.807) is 24.3 Å². The predicted octanol–water partition coefficient (Wildman–Crippen LogP) is 3.75. The lowest BCUT2D eigenvalue weighted by atomic mass is 10.1. The fourth-order valence-electron chi connectivity index (χ4n) is 2.35. The maximum Gasteiger partial charge on any atom is 0.278 e. The Hall–Kier alpha value is -3.35. The zero-order valence-electron chi connectivity index (χ0n) is 13.6. The normalized spacial score (nSPS) is 10.4. The number of benzene rings is 2. The van der Waals surface area contributed by atoms with Crippen LogP contribution in [0.25, 0.3) is 11.3 Å². The number of amides is 1. The van der Waals surface area contributed by atoms with E-state index in [0.29, 0.717) is 22.7 Å². The smallest absolute Gasteiger partial charge is 0.278 e. The van der Waals surface area contributed by atoms with E-state index in [4.69, 9.17) is 13.9 Å². The van der Waals surface area contributed by atoms with Crippen LogP contribution >= 0.6 is 0 Å². The molecule has 7 heteroatoms. The third kappa shape index (κ3) is 3.45. The Morgan fingerprint density at radius 1 is 1.12 bits per heavy atom. The summed E-state index contributed by atoms with van der Waals surface area (Å²) in [7, 11) is 3.03. The average molecular weight is 342 g/mol. The highest BCUT2D eigenvalue weighted by Gasteiger charge is 2.19. The molecule has 3 aromatic rings. The number of carbonyl (C=O) groups excluding carboxylic acids is 1. The van der Waals surface area contributed by atoms with Gasteiger partial charge in [0.15, 0.2) is 29.3 Å². The largest absolute Gasteiger partial charge is 0.493 e. The monoisotopic (exact) mass is 342 g/mol. The first-order chi connectivity index (χ1) is 12.1. The highest BCUT2D eigenvalue weighted by molar-refractivity contribution is 6.06. The molecule has 128 valence electrons. The van der Waals surface area contributed by atoms with E-state index < -0.39 is 11.7 Å². The lowest BCUT2D eigenvalue weighted by molar-refractivity contribution is 0.102. The van der Waals surface area contributed by atoms with Gasteiger partial charge in [-0.15, -0.1) is 0 Å². The molecule has 0 radical (unpaired) electrons. The van der Waals surface area contributed by atoms with Crippen LogP contribution in [0, 0.1) is 5.82 Å². The van der Waals surface area contributed by atoms with Crippen LogP contribution in [-0.4, -0.2) is 25.1 Å². The van der Waals surface area contributed by atoms with Crippen molar-refractivity contribution in [1.82, 2.24) is 4.98 Å². The van der Waals surface area contributed by atoms with E-state index in [2.05, 4.69) is 10.3 Å². The molecular weight excluding hydrogens is 327 g/mol. The first kappa shape index (κ1) is 16.5. The topological polar surface area (TPSA) is 73.6 Å². The first-order valence-corrected chi connectivity index (χ1v) is 7.35. The highest BCUT2D eigenvalue weighted by atomic mass is 19.1. The number of carbonyl (C=O) groups is 1. The Balaban J connectivity index is 1.87. The van der Waals surface area contributed by atoms with Gasteiger partial charge < -0.3 is 19.2 Å². The van der Waals surface area contributed by atoms with Crippen molar-refractivity contribution >= 4 is 11.6 Å². The molecular formula is C18H15FN2O4. The van der Waals surface area contributed by atoms with Crippen molar-refractivity contribution in [2.45, 2.75) is 0 Å². The van der Waals surface area contributed by atoms with Crippen molar-refractivity contribution in [1.29, 1.82) is 0 Å². The number of ether oxygens (including phenoxy) is 2. The number of oxazole rings is 1. The number of hydrogen-bond donors (Lipinski definition) is 1. The summed E-state index contributed by atoms with van der Waals surface area (Å²) in [4.78, 5) is 16.4. The minimum Gasteiger partial charge on any atom is -0.493 e. The van der Waals surface area contributed by atoms with Crippen LogP contribution in [0.5, 0.6) is 11.5 Å². The van der Waals surface area contributed by atoms with Crippen molar-refractivity contribution in [2.75, 3.05) is 19.5 Å². The fourth-order valence-corrected chi connectivity index (χ4v) is 2.35. The molecule has 0 aliphatic carbocycles. The zero-order valence-corrected chi connectivity index (χ0v) is 13.6. The molecule has 0 bridgehead atoms. The number of nitrogens with one attached hydrogen (secondary N) is 1. The van der Waals surface area contributed by atoms with Gasteiger partial charge in [-0.3, -0.25) is 4.79 Å². The number of anilines is 1. The summed E-state index contributed by atoms with van der Waals surface area (Å²) in [5, 5.41) is 2.70. The molecule has 0 unspecified atom stereocenters. The second kappa shape index (κ2) is 7.04. The van der Waals surface area contributed by atoms with Crippen molar-refractivity contribution < 1.29 is 23.1 Å². The van der Waals surface area contributed by atoms with Gasteiger partial charge in [-0.05, 0) is 24.3 Å². The second-order valence-corrected chi connectivity index (χ2v) is 5.06. The standard InChI is InChI=1S/C18H15FN2O4/c1-23-14-7-6-13(9-15(14)24-2)21-18(22)16-17(25-10-20-16)11-4-3-5-12(19)8-11/h3-10H,1-2H3,(H,21,22). The van der Waals surface area contributed by atoms with Gasteiger partial charge in [0, 0.05) is 17.3 Å². The molecule has 0 aliphatic heterocycles. The minimum atomic E-state index is -0.486. The minimum absolute atomic E-state index is 0.0559. The Morgan fingerprint density at radius 2 is 1.92 bits per heavy atom. The van der Waals surface area contributed by atoms with E-state index in [9.17, 15) is 9.18 Å². The summed E-state index contributed by atoms with van der Waals surface area (Å²) in [5.41, 5.74) is 0.978. The quantitative estimate of drug-likeness (QED) is 0.764. The summed E-state index contributed by atoms with van der Waals surface area (Å²) >= 11 is 0. The lowest BCUT2D eigenvalue weighted by Gasteiger charge is -2.10. The van der Waals surface area contributed by atoms with Crippen LogP contribution < -0.4 is 14.8 Å². The zero-order chi connectivity index (χ0) is 17.8. The molecule has 1 N–H and O–H groups in total. The number of methoxy groups -OCH3 is 2. The van der Waals surface area contributed by atoms with Crippen molar-refractivity contribution in [3.05, 3.63) is 60.4 Å². The molecule has 0 aliphatic rings. The molecule has 0 saturated heterocycles. The third-order valence-electron chi connectivity index (χ3n) is 3.51. The van der Waals surface area contributed by atoms with Crippen LogP contribution in [0.1, 0.15) is 10.5 Å². The summed E-state index contributed by atoms with van der Waals surface area (Å²) < 4.78 is 29.0. The Bertz CT molecular complexity index is 908. The molecule has 1 amide bonds. The van der Waals surface area contributed by atoms with Gasteiger partial charge in [0.05, 0.1) is 14.2 Å². The second-order valence-electron chi connectivity index (χ2n) is 5.06. The molecule has 2 aromatic carbocycles. The van der Waals surface area contributed by atoms with Crippen molar-refractivity contribution in [3.63, 3.8) is 0 Å². The Morgan fingerprint density at radius 3 is 2.64 bits per heavy atom. The van der Waals surface area contributed by atoms with Gasteiger partial charge in [0.1, 0.15) is 5.82 Å². The molecule has 0 saturated carbocycles.